The van der Waals surface area contributed by atoms with Crippen LogP contribution in [0, 0.1) is 11.5 Å². The molecule has 1 rings (SSSR count). The van der Waals surface area contributed by atoms with E-state index in [0.717, 1.165) is 0 Å². The van der Waals surface area contributed by atoms with Crippen molar-refractivity contribution in [3.63, 3.8) is 0 Å². The van der Waals surface area contributed by atoms with E-state index in [4.69, 9.17) is 16.9 Å². The molecule has 2 unspecified atom stereocenters. The summed E-state index contributed by atoms with van der Waals surface area (Å²) < 4.78 is 13.3. The predicted molar refractivity (Wildman–Crippen MR) is 69.3 cm³/mol. The number of aliphatic imine (C=N–C) groups is 1. The maximum Gasteiger partial charge on any atom is 0.183 e. The third kappa shape index (κ3) is 3.51. The van der Waals surface area contributed by atoms with Crippen molar-refractivity contribution in [2.24, 2.45) is 4.99 Å². The number of hydrogen-bond donors (Lipinski definition) is 1. The first-order valence-corrected chi connectivity index (χ1v) is 6.81. The minimum atomic E-state index is -0.519. The quantitative estimate of drug-likeness (QED) is 0.265. The Kier molecular flexibility index (Phi) is 5.32. The fourth-order valence-electron chi connectivity index (χ4n) is 1.03. The van der Waals surface area contributed by atoms with E-state index in [1.54, 1.807) is 18.5 Å². The molecule has 0 saturated carbocycles. The lowest BCUT2D eigenvalue weighted by Gasteiger charge is -2.16. The third-order valence-corrected chi connectivity index (χ3v) is 4.01. The van der Waals surface area contributed by atoms with Crippen LogP contribution in [-0.2, 0) is 0 Å². The van der Waals surface area contributed by atoms with E-state index in [1.807, 2.05) is 0 Å². The van der Waals surface area contributed by atoms with E-state index in [2.05, 4.69) is 26.2 Å². The van der Waals surface area contributed by atoms with Crippen molar-refractivity contribution in [1.29, 1.82) is 5.26 Å². The molecule has 0 radical (unpaired) electrons. The van der Waals surface area contributed by atoms with Crippen LogP contribution in [-0.4, -0.2) is 21.6 Å². The number of allylic oxidation sites excluding steroid dienone is 3. The van der Waals surface area contributed by atoms with E-state index in [9.17, 15) is 4.39 Å². The molecule has 0 fully saturated rings. The van der Waals surface area contributed by atoms with E-state index >= 15 is 0 Å². The molecular weight excluding hydrogens is 317 g/mol. The standard InChI is InChI=1S/C9H8BrClFN3S/c1-16-9(14-4-13)15-5-2-6(11)8(10)7(12)3-5/h2-3,6,8H,1H3,(H,14,15). The molecule has 0 heterocycles. The maximum absolute atomic E-state index is 13.3. The molecule has 1 aliphatic rings. The summed E-state index contributed by atoms with van der Waals surface area (Å²) in [5.41, 5.74) is 0.403. The minimum absolute atomic E-state index is 0.376. The number of halogens is 3. The van der Waals surface area contributed by atoms with Gasteiger partial charge in [0.1, 0.15) is 5.83 Å². The second-order valence-corrected chi connectivity index (χ2v) is 5.11. The van der Waals surface area contributed by atoms with E-state index in [1.165, 1.54) is 17.8 Å². The van der Waals surface area contributed by atoms with Crippen LogP contribution < -0.4 is 5.32 Å². The van der Waals surface area contributed by atoms with E-state index < -0.39 is 10.2 Å². The van der Waals surface area contributed by atoms with Gasteiger partial charge in [0.05, 0.1) is 15.9 Å². The Morgan fingerprint density at radius 1 is 1.81 bits per heavy atom. The summed E-state index contributed by atoms with van der Waals surface area (Å²) in [6.45, 7) is 0. The van der Waals surface area contributed by atoms with Gasteiger partial charge in [-0.25, -0.2) is 9.38 Å². The van der Waals surface area contributed by atoms with Gasteiger partial charge in [0.15, 0.2) is 11.4 Å². The summed E-state index contributed by atoms with van der Waals surface area (Å²) in [7, 11) is 0. The molecule has 0 bridgehead atoms. The highest BCUT2D eigenvalue weighted by molar-refractivity contribution is 9.09. The summed E-state index contributed by atoms with van der Waals surface area (Å²) in [4.78, 5) is 3.55. The van der Waals surface area contributed by atoms with Crippen LogP contribution in [0.1, 0.15) is 0 Å². The van der Waals surface area contributed by atoms with Gasteiger partial charge in [0, 0.05) is 0 Å². The van der Waals surface area contributed by atoms with Crippen molar-refractivity contribution in [3.05, 3.63) is 23.7 Å². The second kappa shape index (κ2) is 6.28. The lowest BCUT2D eigenvalue weighted by molar-refractivity contribution is 0.597. The summed E-state index contributed by atoms with van der Waals surface area (Å²) in [6, 6.07) is 0. The van der Waals surface area contributed by atoms with Crippen LogP contribution >= 0.6 is 39.3 Å². The monoisotopic (exact) mass is 323 g/mol. The lowest BCUT2D eigenvalue weighted by Crippen LogP contribution is -2.18. The molecule has 7 heteroatoms. The van der Waals surface area contributed by atoms with E-state index in [0.29, 0.717) is 10.9 Å². The van der Waals surface area contributed by atoms with Gasteiger partial charge in [0.2, 0.25) is 0 Å². The Morgan fingerprint density at radius 2 is 2.50 bits per heavy atom. The van der Waals surface area contributed by atoms with Crippen LogP contribution in [0.5, 0.6) is 0 Å². The predicted octanol–water partition coefficient (Wildman–Crippen LogP) is 2.90. The third-order valence-electron chi connectivity index (χ3n) is 1.75. The molecule has 0 aromatic heterocycles. The lowest BCUT2D eigenvalue weighted by atomic mass is 10.1. The Labute approximate surface area is 111 Å². The largest absolute Gasteiger partial charge is 0.271 e. The first-order chi connectivity index (χ1) is 7.58. The molecule has 1 N–H and O–H groups in total. The molecule has 3 nitrogen and oxygen atoms in total. The average molecular weight is 325 g/mol. The first-order valence-electron chi connectivity index (χ1n) is 4.23. The molecule has 16 heavy (non-hydrogen) atoms. The molecule has 1 aliphatic carbocycles. The molecule has 2 atom stereocenters. The molecule has 0 saturated heterocycles. The second-order valence-electron chi connectivity index (χ2n) is 2.82. The summed E-state index contributed by atoms with van der Waals surface area (Å²) in [5.74, 6) is -0.376. The maximum atomic E-state index is 13.3. The Hall–Kier alpha value is -0.510. The van der Waals surface area contributed by atoms with Crippen molar-refractivity contribution in [1.82, 2.24) is 5.32 Å². The number of thioether (sulfide) groups is 1. The topological polar surface area (TPSA) is 48.2 Å². The first kappa shape index (κ1) is 13.6. The Bertz CT molecular complexity index is 402. The molecule has 86 valence electrons. The fourth-order valence-corrected chi connectivity index (χ4v) is 1.91. The molecule has 0 amide bonds. The number of amidine groups is 1. The zero-order valence-corrected chi connectivity index (χ0v) is 11.4. The number of rotatable bonds is 1. The van der Waals surface area contributed by atoms with E-state index in [-0.39, 0.29) is 5.83 Å². The Morgan fingerprint density at radius 3 is 3.00 bits per heavy atom. The highest BCUT2D eigenvalue weighted by Gasteiger charge is 2.23. The minimum Gasteiger partial charge on any atom is -0.271 e. The Balaban J connectivity index is 2.91. The van der Waals surface area contributed by atoms with Gasteiger partial charge in [-0.05, 0) is 18.4 Å². The average Bonchev–Trinajstić information content (AvgIpc) is 2.25. The van der Waals surface area contributed by atoms with Crippen molar-refractivity contribution >= 4 is 44.5 Å². The number of nitrogens with zero attached hydrogens (tertiary/aromatic N) is 2. The van der Waals surface area contributed by atoms with Crippen LogP contribution in [0.3, 0.4) is 0 Å². The van der Waals surface area contributed by atoms with Crippen LogP contribution in [0.25, 0.3) is 0 Å². The zero-order valence-electron chi connectivity index (χ0n) is 8.25. The van der Waals surface area contributed by atoms with Gasteiger partial charge < -0.3 is 0 Å². The summed E-state index contributed by atoms with van der Waals surface area (Å²) in [6.07, 6.45) is 6.43. The van der Waals surface area contributed by atoms with Crippen molar-refractivity contribution in [3.8, 4) is 6.19 Å². The van der Waals surface area contributed by atoms with Gasteiger partial charge in [-0.1, -0.05) is 27.7 Å². The van der Waals surface area contributed by atoms with Crippen LogP contribution in [0.2, 0.25) is 0 Å². The van der Waals surface area contributed by atoms with Gasteiger partial charge in [0.25, 0.3) is 0 Å². The molecule has 0 aromatic rings. The van der Waals surface area contributed by atoms with Gasteiger partial charge in [-0.3, -0.25) is 5.32 Å². The molecular formula is C9H8BrClFN3S. The number of nitriles is 1. The van der Waals surface area contributed by atoms with Crippen LogP contribution in [0.15, 0.2) is 28.7 Å². The van der Waals surface area contributed by atoms with Gasteiger partial charge in [-0.2, -0.15) is 5.26 Å². The number of alkyl halides is 2. The van der Waals surface area contributed by atoms with Crippen molar-refractivity contribution in [2.45, 2.75) is 10.2 Å². The fraction of sp³-hybridized carbons (Fsp3) is 0.333. The smallest absolute Gasteiger partial charge is 0.183 e. The SMILES string of the molecule is CSC(=NC1=CC(Cl)C(Br)C(F)=C1)NC#N. The van der Waals surface area contributed by atoms with Crippen LogP contribution in [0.4, 0.5) is 4.39 Å². The zero-order chi connectivity index (χ0) is 12.1. The van der Waals surface area contributed by atoms with Gasteiger partial charge >= 0.3 is 0 Å². The van der Waals surface area contributed by atoms with Crippen molar-refractivity contribution in [2.75, 3.05) is 6.26 Å². The van der Waals surface area contributed by atoms with Crippen molar-refractivity contribution < 1.29 is 4.39 Å². The molecule has 0 aromatic carbocycles. The van der Waals surface area contributed by atoms with Gasteiger partial charge in [-0.15, -0.1) is 11.6 Å². The highest BCUT2D eigenvalue weighted by Crippen LogP contribution is 2.29. The normalized spacial score (nSPS) is 25.6. The summed E-state index contributed by atoms with van der Waals surface area (Å²) in [5, 5.41) is 10.7. The number of hydrogen-bond acceptors (Lipinski definition) is 3. The highest BCUT2D eigenvalue weighted by atomic mass is 79.9. The summed E-state index contributed by atoms with van der Waals surface area (Å²) >= 11 is 10.3. The molecule has 0 spiro atoms. The molecule has 0 aliphatic heterocycles. The number of nitrogens with one attached hydrogen (secondary N) is 1.